The number of ketones is 1. The lowest BCUT2D eigenvalue weighted by Crippen LogP contribution is -2.49. The lowest BCUT2D eigenvalue weighted by atomic mass is 10.0. The van der Waals surface area contributed by atoms with E-state index >= 15 is 0 Å². The van der Waals surface area contributed by atoms with Crippen molar-refractivity contribution in [1.82, 2.24) is 0 Å². The third kappa shape index (κ3) is 4.86. The SMILES string of the molecule is C=C(C)[C@H](O[Si](C)(C)C(C)(C)C)[C@@H](OC)C(=O)CC#N. The number of nitrogens with zero attached hydrogens (tertiary/aromatic N) is 1. The molecule has 0 aromatic carbocycles. The quantitative estimate of drug-likeness (QED) is 0.533. The first-order chi connectivity index (χ1) is 8.97. The Morgan fingerprint density at radius 1 is 1.35 bits per heavy atom. The van der Waals surface area contributed by atoms with E-state index in [4.69, 9.17) is 14.4 Å². The molecule has 0 N–H and O–H groups in total. The molecule has 0 fully saturated rings. The molecule has 0 spiro atoms. The van der Waals surface area contributed by atoms with E-state index < -0.39 is 20.5 Å². The molecule has 0 aromatic heterocycles. The monoisotopic (exact) mass is 297 g/mol. The second kappa shape index (κ2) is 7.16. The number of nitriles is 1. The van der Waals surface area contributed by atoms with Crippen LogP contribution in [-0.2, 0) is 14.0 Å². The van der Waals surface area contributed by atoms with Gasteiger partial charge in [-0.05, 0) is 25.1 Å². The van der Waals surface area contributed by atoms with Crippen LogP contribution >= 0.6 is 0 Å². The van der Waals surface area contributed by atoms with Gasteiger partial charge in [0.25, 0.3) is 0 Å². The lowest BCUT2D eigenvalue weighted by molar-refractivity contribution is -0.132. The van der Waals surface area contributed by atoms with Gasteiger partial charge >= 0.3 is 0 Å². The standard InChI is InChI=1S/C15H27NO3Si/c1-11(2)13(14(18-6)12(17)9-10-16)19-20(7,8)15(3,4)5/h13-14H,1,9H2,2-8H3/t13-,14-/m0/s1. The van der Waals surface area contributed by atoms with Gasteiger partial charge in [-0.2, -0.15) is 5.26 Å². The summed E-state index contributed by atoms with van der Waals surface area (Å²) in [4.78, 5) is 12.0. The summed E-state index contributed by atoms with van der Waals surface area (Å²) >= 11 is 0. The highest BCUT2D eigenvalue weighted by Gasteiger charge is 2.42. The van der Waals surface area contributed by atoms with Crippen molar-refractivity contribution < 1.29 is 14.0 Å². The highest BCUT2D eigenvalue weighted by Crippen LogP contribution is 2.38. The van der Waals surface area contributed by atoms with E-state index in [1.807, 2.05) is 13.0 Å². The largest absolute Gasteiger partial charge is 0.407 e. The van der Waals surface area contributed by atoms with Gasteiger partial charge in [0.15, 0.2) is 14.1 Å². The first-order valence-electron chi connectivity index (χ1n) is 6.73. The van der Waals surface area contributed by atoms with Gasteiger partial charge in [0, 0.05) is 7.11 Å². The zero-order valence-electron chi connectivity index (χ0n) is 13.7. The molecule has 0 saturated heterocycles. The van der Waals surface area contributed by atoms with Crippen LogP contribution in [0.25, 0.3) is 0 Å². The summed E-state index contributed by atoms with van der Waals surface area (Å²) < 4.78 is 11.6. The van der Waals surface area contributed by atoms with Crippen LogP contribution in [0.3, 0.4) is 0 Å². The van der Waals surface area contributed by atoms with Gasteiger partial charge in [-0.15, -0.1) is 0 Å². The van der Waals surface area contributed by atoms with E-state index in [0.29, 0.717) is 0 Å². The molecule has 0 heterocycles. The Kier molecular flexibility index (Phi) is 6.82. The topological polar surface area (TPSA) is 59.3 Å². The fourth-order valence-corrected chi connectivity index (χ4v) is 2.83. The fraction of sp³-hybridized carbons (Fsp3) is 0.733. The number of methoxy groups -OCH3 is 1. The van der Waals surface area contributed by atoms with Gasteiger partial charge < -0.3 is 9.16 Å². The number of carbonyl (C=O) groups is 1. The van der Waals surface area contributed by atoms with Crippen LogP contribution in [0, 0.1) is 11.3 Å². The zero-order chi connectivity index (χ0) is 16.1. The van der Waals surface area contributed by atoms with Crippen molar-refractivity contribution in [2.24, 2.45) is 0 Å². The highest BCUT2D eigenvalue weighted by molar-refractivity contribution is 6.74. The van der Waals surface area contributed by atoms with E-state index in [9.17, 15) is 4.79 Å². The van der Waals surface area contributed by atoms with Crippen LogP contribution in [0.15, 0.2) is 12.2 Å². The Balaban J connectivity index is 5.31. The Morgan fingerprint density at radius 2 is 1.85 bits per heavy atom. The summed E-state index contributed by atoms with van der Waals surface area (Å²) in [5.74, 6) is -0.262. The summed E-state index contributed by atoms with van der Waals surface area (Å²) in [6.45, 7) is 16.4. The minimum absolute atomic E-state index is 0.0251. The second-order valence-corrected chi connectivity index (χ2v) is 11.4. The summed E-state index contributed by atoms with van der Waals surface area (Å²) in [7, 11) is -0.591. The summed E-state index contributed by atoms with van der Waals surface area (Å²) in [6.07, 6.45) is -1.44. The van der Waals surface area contributed by atoms with E-state index in [-0.39, 0.29) is 17.2 Å². The Labute approximate surface area is 123 Å². The number of Topliss-reactive ketones (excluding diaryl/α,β-unsaturated/α-hetero) is 1. The number of carbonyl (C=O) groups excluding carboxylic acids is 1. The van der Waals surface area contributed by atoms with Gasteiger partial charge in [-0.25, -0.2) is 0 Å². The molecular weight excluding hydrogens is 270 g/mol. The predicted octanol–water partition coefficient (Wildman–Crippen LogP) is 3.45. The van der Waals surface area contributed by atoms with Crippen molar-refractivity contribution in [2.75, 3.05) is 7.11 Å². The predicted molar refractivity (Wildman–Crippen MR) is 82.9 cm³/mol. The molecule has 4 nitrogen and oxygen atoms in total. The first kappa shape index (κ1) is 19.0. The van der Waals surface area contributed by atoms with Crippen LogP contribution in [0.5, 0.6) is 0 Å². The molecule has 0 rings (SSSR count). The highest BCUT2D eigenvalue weighted by atomic mass is 28.4. The molecular formula is C15H27NO3Si. The minimum atomic E-state index is -2.05. The molecule has 0 saturated carbocycles. The smallest absolute Gasteiger partial charge is 0.193 e. The maximum Gasteiger partial charge on any atom is 0.193 e. The van der Waals surface area contributed by atoms with Gasteiger partial charge in [0.1, 0.15) is 6.10 Å². The molecule has 0 aliphatic rings. The molecule has 0 aliphatic heterocycles. The third-order valence-corrected chi connectivity index (χ3v) is 8.27. The van der Waals surface area contributed by atoms with Gasteiger partial charge in [-0.1, -0.05) is 32.9 Å². The Morgan fingerprint density at radius 3 is 2.15 bits per heavy atom. The molecule has 0 unspecified atom stereocenters. The van der Waals surface area contributed by atoms with Crippen LogP contribution in [0.2, 0.25) is 18.1 Å². The molecule has 0 radical (unpaired) electrons. The van der Waals surface area contributed by atoms with E-state index in [1.165, 1.54) is 7.11 Å². The lowest BCUT2D eigenvalue weighted by Gasteiger charge is -2.41. The summed E-state index contributed by atoms with van der Waals surface area (Å²) in [6, 6.07) is 1.87. The Hall–Kier alpha value is -0.963. The van der Waals surface area contributed by atoms with Crippen LogP contribution in [0.4, 0.5) is 0 Å². The molecule has 0 amide bonds. The van der Waals surface area contributed by atoms with Gasteiger partial charge in [0.05, 0.1) is 18.6 Å². The molecule has 5 heteroatoms. The van der Waals surface area contributed by atoms with Crippen molar-refractivity contribution in [3.05, 3.63) is 12.2 Å². The average Bonchev–Trinajstić information content (AvgIpc) is 2.27. The zero-order valence-corrected chi connectivity index (χ0v) is 14.7. The normalized spacial score (nSPS) is 15.3. The third-order valence-electron chi connectivity index (χ3n) is 3.81. The molecule has 0 aromatic rings. The van der Waals surface area contributed by atoms with Crippen LogP contribution < -0.4 is 0 Å². The molecule has 0 aliphatic carbocycles. The van der Waals surface area contributed by atoms with Crippen molar-refractivity contribution >= 4 is 14.1 Å². The minimum Gasteiger partial charge on any atom is -0.407 e. The molecule has 0 bridgehead atoms. The van der Waals surface area contributed by atoms with E-state index in [1.54, 1.807) is 0 Å². The summed E-state index contributed by atoms with van der Waals surface area (Å²) in [5.41, 5.74) is 0.743. The van der Waals surface area contributed by atoms with Crippen LogP contribution in [0.1, 0.15) is 34.1 Å². The Bertz CT molecular complexity index is 404. The van der Waals surface area contributed by atoms with Gasteiger partial charge in [-0.3, -0.25) is 4.79 Å². The fourth-order valence-electron chi connectivity index (χ4n) is 1.52. The number of hydrogen-bond acceptors (Lipinski definition) is 4. The molecule has 114 valence electrons. The maximum atomic E-state index is 12.0. The van der Waals surface area contributed by atoms with Crippen molar-refractivity contribution in [1.29, 1.82) is 5.26 Å². The van der Waals surface area contributed by atoms with Crippen molar-refractivity contribution in [3.63, 3.8) is 0 Å². The van der Waals surface area contributed by atoms with Crippen molar-refractivity contribution in [3.8, 4) is 6.07 Å². The summed E-state index contributed by atoms with van der Waals surface area (Å²) in [5, 5.41) is 8.71. The number of hydrogen-bond donors (Lipinski definition) is 0. The van der Waals surface area contributed by atoms with E-state index in [0.717, 1.165) is 5.57 Å². The van der Waals surface area contributed by atoms with Gasteiger partial charge in [0.2, 0.25) is 0 Å². The first-order valence-corrected chi connectivity index (χ1v) is 9.64. The number of ether oxygens (including phenoxy) is 1. The van der Waals surface area contributed by atoms with Crippen LogP contribution in [-0.4, -0.2) is 33.4 Å². The molecule has 2 atom stereocenters. The van der Waals surface area contributed by atoms with E-state index in [2.05, 4.69) is 40.4 Å². The average molecular weight is 297 g/mol. The second-order valence-electron chi connectivity index (χ2n) is 6.60. The number of rotatable bonds is 7. The maximum absolute atomic E-state index is 12.0. The molecule has 20 heavy (non-hydrogen) atoms. The van der Waals surface area contributed by atoms with Crippen molar-refractivity contribution in [2.45, 2.75) is 64.5 Å².